The van der Waals surface area contributed by atoms with Gasteiger partial charge in [0.1, 0.15) is 0 Å². The van der Waals surface area contributed by atoms with E-state index in [1.165, 1.54) is 0 Å². The summed E-state index contributed by atoms with van der Waals surface area (Å²) in [5.74, 6) is 0.0896. The summed E-state index contributed by atoms with van der Waals surface area (Å²) in [6.45, 7) is 11.1. The molecular formula is C26H33N3O2. The van der Waals surface area contributed by atoms with Crippen molar-refractivity contribution in [1.29, 1.82) is 0 Å². The van der Waals surface area contributed by atoms with Gasteiger partial charge in [-0.2, -0.15) is 0 Å². The molecule has 2 heterocycles. The number of benzene rings is 1. The molecule has 0 bridgehead atoms. The maximum atomic E-state index is 13.4. The van der Waals surface area contributed by atoms with E-state index in [9.17, 15) is 9.59 Å². The topological polar surface area (TPSA) is 62.3 Å². The van der Waals surface area contributed by atoms with Crippen molar-refractivity contribution in [2.45, 2.75) is 40.0 Å². The van der Waals surface area contributed by atoms with Crippen LogP contribution >= 0.6 is 0 Å². The Hall–Kier alpha value is -2.95. The number of amides is 2. The van der Waals surface area contributed by atoms with E-state index >= 15 is 0 Å². The molecule has 2 amide bonds. The van der Waals surface area contributed by atoms with Gasteiger partial charge in [-0.05, 0) is 48.1 Å². The number of aromatic nitrogens is 1. The first kappa shape index (κ1) is 22.7. The van der Waals surface area contributed by atoms with Crippen LogP contribution in [0.1, 0.15) is 39.2 Å². The number of nitrogens with one attached hydrogen (secondary N) is 1. The lowest BCUT2D eigenvalue weighted by Gasteiger charge is -2.43. The molecule has 2 aromatic rings. The standard InChI is InChI=1S/C26H33N3O2/c1-5-13-28-23(30)26(12-7-16-29(19-26)24(31)25(2,3)4)18-20-8-6-9-22(17-20)21-10-14-27-15-11-21/h5-6,8-11,14-15,17H,1,7,12-13,16,18-19H2,2-4H3,(H,28,30)/t26-/m1/s1. The van der Waals surface area contributed by atoms with E-state index in [1.807, 2.05) is 43.9 Å². The molecule has 31 heavy (non-hydrogen) atoms. The molecule has 0 radical (unpaired) electrons. The van der Waals surface area contributed by atoms with Crippen LogP contribution in [0.2, 0.25) is 0 Å². The summed E-state index contributed by atoms with van der Waals surface area (Å²) in [5.41, 5.74) is 2.16. The average Bonchev–Trinajstić information content (AvgIpc) is 2.77. The van der Waals surface area contributed by atoms with Crippen molar-refractivity contribution in [3.8, 4) is 11.1 Å². The van der Waals surface area contributed by atoms with Crippen molar-refractivity contribution in [3.63, 3.8) is 0 Å². The molecule has 1 saturated heterocycles. The van der Waals surface area contributed by atoms with Gasteiger partial charge in [0.15, 0.2) is 0 Å². The lowest BCUT2D eigenvalue weighted by molar-refractivity contribution is -0.147. The largest absolute Gasteiger partial charge is 0.352 e. The van der Waals surface area contributed by atoms with Gasteiger partial charge >= 0.3 is 0 Å². The van der Waals surface area contributed by atoms with Gasteiger partial charge in [0.05, 0.1) is 5.41 Å². The first-order valence-electron chi connectivity index (χ1n) is 10.9. The molecule has 5 heteroatoms. The fourth-order valence-electron chi connectivity index (χ4n) is 4.34. The minimum absolute atomic E-state index is 0.00637. The Labute approximate surface area is 185 Å². The van der Waals surface area contributed by atoms with Crippen LogP contribution in [-0.2, 0) is 16.0 Å². The Morgan fingerprint density at radius 3 is 2.61 bits per heavy atom. The van der Waals surface area contributed by atoms with Gasteiger partial charge < -0.3 is 10.2 Å². The van der Waals surface area contributed by atoms with Gasteiger partial charge in [-0.1, -0.05) is 51.1 Å². The van der Waals surface area contributed by atoms with E-state index in [2.05, 4.69) is 35.1 Å². The Bertz CT molecular complexity index is 933. The molecule has 164 valence electrons. The highest BCUT2D eigenvalue weighted by molar-refractivity contribution is 5.86. The number of pyridine rings is 1. The number of carbonyl (C=O) groups excluding carboxylic acids is 2. The van der Waals surface area contributed by atoms with E-state index in [0.29, 0.717) is 26.1 Å². The van der Waals surface area contributed by atoms with E-state index < -0.39 is 10.8 Å². The number of rotatable bonds is 6. The highest BCUT2D eigenvalue weighted by Gasteiger charge is 2.44. The van der Waals surface area contributed by atoms with Crippen LogP contribution in [0.5, 0.6) is 0 Å². The molecule has 1 aromatic heterocycles. The number of carbonyl (C=O) groups is 2. The molecule has 1 fully saturated rings. The van der Waals surface area contributed by atoms with Gasteiger partial charge in [-0.3, -0.25) is 14.6 Å². The third kappa shape index (κ3) is 5.40. The number of likely N-dealkylation sites (tertiary alicyclic amines) is 1. The molecule has 5 nitrogen and oxygen atoms in total. The van der Waals surface area contributed by atoms with Crippen LogP contribution in [0.25, 0.3) is 11.1 Å². The van der Waals surface area contributed by atoms with E-state index in [1.54, 1.807) is 18.5 Å². The van der Waals surface area contributed by atoms with Crippen molar-refractivity contribution in [1.82, 2.24) is 15.2 Å². The van der Waals surface area contributed by atoms with Crippen LogP contribution in [-0.4, -0.2) is 41.3 Å². The second-order valence-electron chi connectivity index (χ2n) is 9.47. The molecular weight excluding hydrogens is 386 g/mol. The summed E-state index contributed by atoms with van der Waals surface area (Å²) < 4.78 is 0. The number of hydrogen-bond donors (Lipinski definition) is 1. The molecule has 1 aliphatic heterocycles. The first-order valence-corrected chi connectivity index (χ1v) is 10.9. The highest BCUT2D eigenvalue weighted by Crippen LogP contribution is 2.36. The van der Waals surface area contributed by atoms with Crippen LogP contribution in [0.15, 0.2) is 61.4 Å². The SMILES string of the molecule is C=CCNC(=O)[C@@]1(Cc2cccc(-c3ccncc3)c2)CCCN(C(=O)C(C)(C)C)C1. The third-order valence-electron chi connectivity index (χ3n) is 5.88. The average molecular weight is 420 g/mol. The zero-order valence-electron chi connectivity index (χ0n) is 18.9. The zero-order valence-corrected chi connectivity index (χ0v) is 18.9. The highest BCUT2D eigenvalue weighted by atomic mass is 16.2. The van der Waals surface area contributed by atoms with Gasteiger partial charge in [0, 0.05) is 37.4 Å². The third-order valence-corrected chi connectivity index (χ3v) is 5.88. The van der Waals surface area contributed by atoms with Crippen LogP contribution in [0, 0.1) is 10.8 Å². The molecule has 3 rings (SSSR count). The van der Waals surface area contributed by atoms with Crippen molar-refractivity contribution < 1.29 is 9.59 Å². The second kappa shape index (κ2) is 9.46. The first-order chi connectivity index (χ1) is 14.7. The van der Waals surface area contributed by atoms with E-state index in [-0.39, 0.29) is 11.8 Å². The molecule has 1 aliphatic rings. The fraction of sp³-hybridized carbons (Fsp3) is 0.423. The Kier molecular flexibility index (Phi) is 6.94. The summed E-state index contributed by atoms with van der Waals surface area (Å²) >= 11 is 0. The van der Waals surface area contributed by atoms with Crippen molar-refractivity contribution in [2.75, 3.05) is 19.6 Å². The maximum absolute atomic E-state index is 13.4. The molecule has 1 aromatic carbocycles. The number of piperidine rings is 1. The minimum atomic E-state index is -0.654. The molecule has 1 N–H and O–H groups in total. The quantitative estimate of drug-likeness (QED) is 0.712. The lowest BCUT2D eigenvalue weighted by Crippen LogP contribution is -2.56. The van der Waals surface area contributed by atoms with E-state index in [0.717, 1.165) is 29.5 Å². The van der Waals surface area contributed by atoms with Crippen molar-refractivity contribution in [3.05, 3.63) is 67.0 Å². The number of hydrogen-bond acceptors (Lipinski definition) is 3. The van der Waals surface area contributed by atoms with Crippen LogP contribution in [0.3, 0.4) is 0 Å². The normalized spacial score (nSPS) is 19.0. The summed E-state index contributed by atoms with van der Waals surface area (Å²) in [7, 11) is 0. The summed E-state index contributed by atoms with van der Waals surface area (Å²) in [4.78, 5) is 32.3. The van der Waals surface area contributed by atoms with E-state index in [4.69, 9.17) is 0 Å². The summed E-state index contributed by atoms with van der Waals surface area (Å²) in [6, 6.07) is 12.3. The predicted molar refractivity (Wildman–Crippen MR) is 124 cm³/mol. The van der Waals surface area contributed by atoms with Crippen LogP contribution in [0.4, 0.5) is 0 Å². The maximum Gasteiger partial charge on any atom is 0.228 e. The van der Waals surface area contributed by atoms with Crippen molar-refractivity contribution in [2.24, 2.45) is 10.8 Å². The zero-order chi connectivity index (χ0) is 22.5. The molecule has 1 atom stereocenters. The van der Waals surface area contributed by atoms with Gasteiger partial charge in [0.25, 0.3) is 0 Å². The Balaban J connectivity index is 1.92. The predicted octanol–water partition coefficient (Wildman–Crippen LogP) is 4.25. The molecule has 0 spiro atoms. The van der Waals surface area contributed by atoms with Gasteiger partial charge in [-0.15, -0.1) is 6.58 Å². The Morgan fingerprint density at radius 1 is 1.19 bits per heavy atom. The van der Waals surface area contributed by atoms with Crippen molar-refractivity contribution >= 4 is 11.8 Å². The monoisotopic (exact) mass is 419 g/mol. The molecule has 0 saturated carbocycles. The molecule has 0 aliphatic carbocycles. The smallest absolute Gasteiger partial charge is 0.228 e. The number of nitrogens with zero attached hydrogens (tertiary/aromatic N) is 2. The summed E-state index contributed by atoms with van der Waals surface area (Å²) in [6.07, 6.45) is 7.41. The van der Waals surface area contributed by atoms with Gasteiger partial charge in [0.2, 0.25) is 11.8 Å². The van der Waals surface area contributed by atoms with Gasteiger partial charge in [-0.25, -0.2) is 0 Å². The summed E-state index contributed by atoms with van der Waals surface area (Å²) in [5, 5.41) is 3.00. The van der Waals surface area contributed by atoms with Crippen LogP contribution < -0.4 is 5.32 Å². The minimum Gasteiger partial charge on any atom is -0.352 e. The lowest BCUT2D eigenvalue weighted by atomic mass is 9.73. The second-order valence-corrected chi connectivity index (χ2v) is 9.47. The molecule has 0 unspecified atom stereocenters. The fourth-order valence-corrected chi connectivity index (χ4v) is 4.34. The Morgan fingerprint density at radius 2 is 1.94 bits per heavy atom.